The smallest absolute Gasteiger partial charge is 0.339 e. The molecule has 20 heavy (non-hydrogen) atoms. The quantitative estimate of drug-likeness (QED) is 0.681. The first-order chi connectivity index (χ1) is 9.41. The van der Waals surface area contributed by atoms with Crippen molar-refractivity contribution in [2.75, 3.05) is 0 Å². The highest BCUT2D eigenvalue weighted by molar-refractivity contribution is 5.90. The highest BCUT2D eigenvalue weighted by atomic mass is 16.6. The molecule has 0 aliphatic rings. The topological polar surface area (TPSA) is 98.3 Å². The lowest BCUT2D eigenvalue weighted by Crippen LogP contribution is -2.07. The minimum atomic E-state index is -1.05. The molecule has 104 valence electrons. The molecule has 1 aromatic carbocycles. The molecule has 7 heteroatoms. The molecule has 1 N–H and O–H groups in total. The Morgan fingerprint density at radius 1 is 1.40 bits per heavy atom. The second kappa shape index (κ2) is 5.12. The van der Waals surface area contributed by atoms with Crippen LogP contribution in [0.1, 0.15) is 27.3 Å². The third kappa shape index (κ3) is 2.37. The summed E-state index contributed by atoms with van der Waals surface area (Å²) >= 11 is 0. The van der Waals surface area contributed by atoms with Gasteiger partial charge >= 0.3 is 5.97 Å². The second-order valence-electron chi connectivity index (χ2n) is 4.39. The zero-order valence-corrected chi connectivity index (χ0v) is 11.0. The Morgan fingerprint density at radius 2 is 2.05 bits per heavy atom. The lowest BCUT2D eigenvalue weighted by atomic mass is 10.1. The number of carboxylic acid groups (broad SMARTS) is 1. The Labute approximate surface area is 114 Å². The molecule has 0 aliphatic carbocycles. The van der Waals surface area contributed by atoms with E-state index in [0.29, 0.717) is 17.0 Å². The average molecular weight is 275 g/mol. The number of aromatic nitrogens is 2. The molecule has 0 saturated heterocycles. The molecule has 0 spiro atoms. The fourth-order valence-electron chi connectivity index (χ4n) is 2.14. The van der Waals surface area contributed by atoms with Crippen LogP contribution in [0.25, 0.3) is 0 Å². The van der Waals surface area contributed by atoms with Gasteiger partial charge in [0.1, 0.15) is 5.56 Å². The number of hydrogen-bond donors (Lipinski definition) is 1. The molecular formula is C13H13N3O4. The van der Waals surface area contributed by atoms with E-state index in [2.05, 4.69) is 5.10 Å². The summed E-state index contributed by atoms with van der Waals surface area (Å²) in [7, 11) is 0. The second-order valence-corrected chi connectivity index (χ2v) is 4.39. The molecule has 0 atom stereocenters. The maximum Gasteiger partial charge on any atom is 0.339 e. The van der Waals surface area contributed by atoms with Gasteiger partial charge in [-0.05, 0) is 13.8 Å². The Balaban J connectivity index is 2.44. The van der Waals surface area contributed by atoms with Gasteiger partial charge in [-0.3, -0.25) is 14.8 Å². The normalized spacial score (nSPS) is 10.5. The number of nitrogens with zero attached hydrogens (tertiary/aromatic N) is 3. The summed E-state index contributed by atoms with van der Waals surface area (Å²) in [5.74, 6) is -1.05. The number of benzene rings is 1. The van der Waals surface area contributed by atoms with E-state index in [4.69, 9.17) is 5.11 Å². The lowest BCUT2D eigenvalue weighted by molar-refractivity contribution is -0.385. The molecule has 0 unspecified atom stereocenters. The van der Waals surface area contributed by atoms with Gasteiger partial charge in [-0.15, -0.1) is 0 Å². The summed E-state index contributed by atoms with van der Waals surface area (Å²) in [6.07, 6.45) is 0. The van der Waals surface area contributed by atoms with Crippen LogP contribution in [0.5, 0.6) is 0 Å². The zero-order valence-electron chi connectivity index (χ0n) is 11.0. The molecule has 0 amide bonds. The summed E-state index contributed by atoms with van der Waals surface area (Å²) in [5, 5.41) is 24.2. The third-order valence-electron chi connectivity index (χ3n) is 3.10. The predicted octanol–water partition coefficient (Wildman–Crippen LogP) is 2.15. The fourth-order valence-corrected chi connectivity index (χ4v) is 2.14. The van der Waals surface area contributed by atoms with Crippen molar-refractivity contribution in [3.63, 3.8) is 0 Å². The summed E-state index contributed by atoms with van der Waals surface area (Å²) in [6, 6.07) is 6.34. The van der Waals surface area contributed by atoms with Crippen LogP contribution in [0.2, 0.25) is 0 Å². The molecule has 0 bridgehead atoms. The van der Waals surface area contributed by atoms with Gasteiger partial charge in [-0.2, -0.15) is 5.10 Å². The van der Waals surface area contributed by atoms with E-state index in [9.17, 15) is 14.9 Å². The van der Waals surface area contributed by atoms with Crippen molar-refractivity contribution in [3.05, 3.63) is 56.9 Å². The molecule has 2 rings (SSSR count). The monoisotopic (exact) mass is 275 g/mol. The van der Waals surface area contributed by atoms with E-state index in [1.54, 1.807) is 32.0 Å². The molecular weight excluding hydrogens is 262 g/mol. The third-order valence-corrected chi connectivity index (χ3v) is 3.10. The van der Waals surface area contributed by atoms with Crippen LogP contribution < -0.4 is 0 Å². The van der Waals surface area contributed by atoms with Gasteiger partial charge in [0.05, 0.1) is 28.4 Å². The van der Waals surface area contributed by atoms with Gasteiger partial charge in [-0.1, -0.05) is 18.2 Å². The van der Waals surface area contributed by atoms with Crippen LogP contribution in [0.4, 0.5) is 5.69 Å². The van der Waals surface area contributed by atoms with Crippen molar-refractivity contribution in [2.24, 2.45) is 0 Å². The van der Waals surface area contributed by atoms with E-state index < -0.39 is 10.9 Å². The van der Waals surface area contributed by atoms with Crippen LogP contribution in [-0.2, 0) is 6.54 Å². The first kappa shape index (κ1) is 13.7. The van der Waals surface area contributed by atoms with E-state index in [0.717, 1.165) is 0 Å². The van der Waals surface area contributed by atoms with Crippen LogP contribution >= 0.6 is 0 Å². The number of para-hydroxylation sites is 1. The average Bonchev–Trinajstić information content (AvgIpc) is 2.64. The number of hydrogen-bond acceptors (Lipinski definition) is 4. The van der Waals surface area contributed by atoms with Gasteiger partial charge in [0.2, 0.25) is 0 Å². The molecule has 0 aliphatic heterocycles. The summed E-state index contributed by atoms with van der Waals surface area (Å²) in [5.41, 5.74) is 1.50. The Bertz CT molecular complexity index is 691. The summed E-state index contributed by atoms with van der Waals surface area (Å²) in [6.45, 7) is 3.40. The molecule has 1 aromatic heterocycles. The van der Waals surface area contributed by atoms with Crippen molar-refractivity contribution < 1.29 is 14.8 Å². The zero-order chi connectivity index (χ0) is 14.9. The SMILES string of the molecule is Cc1nn(Cc2ccccc2[N+](=O)[O-])c(C)c1C(=O)O. The highest BCUT2D eigenvalue weighted by Crippen LogP contribution is 2.21. The summed E-state index contributed by atoms with van der Waals surface area (Å²) in [4.78, 5) is 21.6. The summed E-state index contributed by atoms with van der Waals surface area (Å²) < 4.78 is 1.47. The van der Waals surface area contributed by atoms with E-state index in [1.807, 2.05) is 0 Å². The molecule has 7 nitrogen and oxygen atoms in total. The van der Waals surface area contributed by atoms with Crippen molar-refractivity contribution in [3.8, 4) is 0 Å². The minimum Gasteiger partial charge on any atom is -0.478 e. The molecule has 2 aromatic rings. The largest absolute Gasteiger partial charge is 0.478 e. The molecule has 0 saturated carbocycles. The number of rotatable bonds is 4. The number of aromatic carboxylic acids is 1. The van der Waals surface area contributed by atoms with Crippen LogP contribution in [0, 0.1) is 24.0 Å². The van der Waals surface area contributed by atoms with E-state index in [-0.39, 0.29) is 17.8 Å². The number of nitro groups is 1. The van der Waals surface area contributed by atoms with Crippen LogP contribution in [-0.4, -0.2) is 25.8 Å². The number of aryl methyl sites for hydroxylation is 1. The Hall–Kier alpha value is -2.70. The van der Waals surface area contributed by atoms with Crippen LogP contribution in [0.15, 0.2) is 24.3 Å². The minimum absolute atomic E-state index is 0.00284. The standard InChI is InChI=1S/C13H13N3O4/c1-8-12(13(17)18)9(2)15(14-8)7-10-5-3-4-6-11(10)16(19)20/h3-6H,7H2,1-2H3,(H,17,18). The van der Waals surface area contributed by atoms with Gasteiger partial charge in [0.15, 0.2) is 0 Å². The molecule has 1 heterocycles. The maximum absolute atomic E-state index is 11.1. The number of carbonyl (C=O) groups is 1. The van der Waals surface area contributed by atoms with Crippen molar-refractivity contribution >= 4 is 11.7 Å². The first-order valence-corrected chi connectivity index (χ1v) is 5.91. The maximum atomic E-state index is 11.1. The Kier molecular flexibility index (Phi) is 3.51. The lowest BCUT2D eigenvalue weighted by Gasteiger charge is -2.05. The Morgan fingerprint density at radius 3 is 2.60 bits per heavy atom. The predicted molar refractivity (Wildman–Crippen MR) is 70.9 cm³/mol. The number of carboxylic acids is 1. The van der Waals surface area contributed by atoms with Crippen molar-refractivity contribution in [2.45, 2.75) is 20.4 Å². The van der Waals surface area contributed by atoms with Gasteiger partial charge in [0, 0.05) is 6.07 Å². The van der Waals surface area contributed by atoms with Crippen molar-refractivity contribution in [1.82, 2.24) is 9.78 Å². The van der Waals surface area contributed by atoms with Crippen LogP contribution in [0.3, 0.4) is 0 Å². The highest BCUT2D eigenvalue weighted by Gasteiger charge is 2.20. The van der Waals surface area contributed by atoms with Crippen molar-refractivity contribution in [1.29, 1.82) is 0 Å². The fraction of sp³-hybridized carbons (Fsp3) is 0.231. The van der Waals surface area contributed by atoms with Gasteiger partial charge < -0.3 is 5.11 Å². The molecule has 0 fully saturated rings. The van der Waals surface area contributed by atoms with Gasteiger partial charge in [0.25, 0.3) is 5.69 Å². The van der Waals surface area contributed by atoms with E-state index in [1.165, 1.54) is 10.7 Å². The van der Waals surface area contributed by atoms with E-state index >= 15 is 0 Å². The van der Waals surface area contributed by atoms with Gasteiger partial charge in [-0.25, -0.2) is 4.79 Å². The number of nitro benzene ring substituents is 1. The molecule has 0 radical (unpaired) electrons. The first-order valence-electron chi connectivity index (χ1n) is 5.91.